The van der Waals surface area contributed by atoms with Crippen LogP contribution in [0, 0.1) is 5.82 Å². The van der Waals surface area contributed by atoms with Gasteiger partial charge in [0.2, 0.25) is 5.95 Å². The molecule has 0 bridgehead atoms. The molecule has 2 N–H and O–H groups in total. The molecule has 0 spiro atoms. The van der Waals surface area contributed by atoms with Crippen molar-refractivity contribution in [2.75, 3.05) is 12.8 Å². The summed E-state index contributed by atoms with van der Waals surface area (Å²) >= 11 is 1.13. The summed E-state index contributed by atoms with van der Waals surface area (Å²) in [7, 11) is 1.42. The first-order valence-corrected chi connectivity index (χ1v) is 4.91. The lowest BCUT2D eigenvalue weighted by Gasteiger charge is -2.02. The summed E-state index contributed by atoms with van der Waals surface area (Å²) in [5, 5.41) is 0.592. The number of rotatable bonds is 2. The Balaban J connectivity index is 2.42. The summed E-state index contributed by atoms with van der Waals surface area (Å²) in [5.41, 5.74) is 6.02. The van der Waals surface area contributed by atoms with Crippen molar-refractivity contribution in [2.45, 2.75) is 0 Å². The first-order chi connectivity index (χ1) is 7.20. The van der Waals surface area contributed by atoms with Crippen LogP contribution in [0.2, 0.25) is 0 Å². The first kappa shape index (κ1) is 9.85. The summed E-state index contributed by atoms with van der Waals surface area (Å²) < 4.78 is 22.0. The average Bonchev–Trinajstić information content (AvgIpc) is 2.65. The smallest absolute Gasteiger partial charge is 0.232 e. The van der Waals surface area contributed by atoms with Crippen LogP contribution >= 0.6 is 11.5 Å². The molecule has 0 aliphatic rings. The highest BCUT2D eigenvalue weighted by atomic mass is 32.1. The van der Waals surface area contributed by atoms with Crippen LogP contribution in [0.4, 0.5) is 10.3 Å². The van der Waals surface area contributed by atoms with Crippen LogP contribution in [0.25, 0.3) is 10.6 Å². The van der Waals surface area contributed by atoms with Crippen molar-refractivity contribution >= 4 is 17.5 Å². The van der Waals surface area contributed by atoms with Crippen LogP contribution in [0.3, 0.4) is 0 Å². The van der Waals surface area contributed by atoms with Crippen molar-refractivity contribution in [2.24, 2.45) is 0 Å². The second-order valence-electron chi connectivity index (χ2n) is 2.81. The maximum absolute atomic E-state index is 13.3. The van der Waals surface area contributed by atoms with Gasteiger partial charge in [0.05, 0.1) is 7.11 Å². The fraction of sp³-hybridized carbons (Fsp3) is 0.111. The summed E-state index contributed by atoms with van der Waals surface area (Å²) in [4.78, 5) is 3.96. The summed E-state index contributed by atoms with van der Waals surface area (Å²) in [6, 6.07) is 4.60. The van der Waals surface area contributed by atoms with Crippen LogP contribution in [-0.2, 0) is 0 Å². The molecule has 0 aliphatic carbocycles. The third-order valence-corrected chi connectivity index (χ3v) is 2.62. The molecule has 78 valence electrons. The zero-order valence-corrected chi connectivity index (χ0v) is 8.71. The van der Waals surface area contributed by atoms with Crippen molar-refractivity contribution in [1.82, 2.24) is 9.36 Å². The molecule has 1 aromatic heterocycles. The quantitative estimate of drug-likeness (QED) is 0.848. The molecule has 0 aliphatic heterocycles. The zero-order valence-electron chi connectivity index (χ0n) is 7.90. The van der Waals surface area contributed by atoms with Gasteiger partial charge in [-0.05, 0) is 29.7 Å². The molecule has 0 radical (unpaired) electrons. The molecule has 0 fully saturated rings. The molecule has 2 rings (SSSR count). The highest BCUT2D eigenvalue weighted by Gasteiger charge is 2.08. The van der Waals surface area contributed by atoms with E-state index in [9.17, 15) is 4.39 Å². The summed E-state index contributed by atoms with van der Waals surface area (Å²) in [5.74, 6) is -0.0220. The molecule has 0 saturated heterocycles. The molecule has 0 saturated carbocycles. The van der Waals surface area contributed by atoms with Gasteiger partial charge >= 0.3 is 0 Å². The van der Waals surface area contributed by atoms with Gasteiger partial charge < -0.3 is 10.5 Å². The maximum Gasteiger partial charge on any atom is 0.232 e. The van der Waals surface area contributed by atoms with Gasteiger partial charge in [0.1, 0.15) is 5.01 Å². The Hall–Kier alpha value is -1.69. The van der Waals surface area contributed by atoms with Crippen LogP contribution < -0.4 is 10.5 Å². The lowest BCUT2D eigenvalue weighted by molar-refractivity contribution is 0.386. The molecule has 4 nitrogen and oxygen atoms in total. The van der Waals surface area contributed by atoms with Crippen molar-refractivity contribution < 1.29 is 9.13 Å². The minimum atomic E-state index is -0.427. The van der Waals surface area contributed by atoms with Gasteiger partial charge in [-0.25, -0.2) is 4.39 Å². The molecule has 0 unspecified atom stereocenters. The predicted octanol–water partition coefficient (Wildman–Crippen LogP) is 1.94. The van der Waals surface area contributed by atoms with Gasteiger partial charge in [0, 0.05) is 5.56 Å². The van der Waals surface area contributed by atoms with Gasteiger partial charge in [-0.2, -0.15) is 9.36 Å². The summed E-state index contributed by atoms with van der Waals surface area (Å²) in [6.07, 6.45) is 0. The van der Waals surface area contributed by atoms with Crippen molar-refractivity contribution in [3.63, 3.8) is 0 Å². The Morgan fingerprint density at radius 1 is 1.47 bits per heavy atom. The largest absolute Gasteiger partial charge is 0.494 e. The van der Waals surface area contributed by atoms with E-state index in [4.69, 9.17) is 10.5 Å². The van der Waals surface area contributed by atoms with E-state index in [1.165, 1.54) is 13.2 Å². The molecule has 2 aromatic rings. The molecule has 1 aromatic carbocycles. The Bertz CT molecular complexity index is 486. The number of hydrogen-bond acceptors (Lipinski definition) is 5. The third kappa shape index (κ3) is 1.89. The normalized spacial score (nSPS) is 10.3. The van der Waals surface area contributed by atoms with E-state index >= 15 is 0 Å². The number of nitrogen functional groups attached to an aromatic ring is 1. The van der Waals surface area contributed by atoms with E-state index in [1.807, 2.05) is 0 Å². The highest BCUT2D eigenvalue weighted by molar-refractivity contribution is 7.09. The van der Waals surface area contributed by atoms with E-state index in [0.29, 0.717) is 10.6 Å². The number of aromatic nitrogens is 2. The van der Waals surface area contributed by atoms with Gasteiger partial charge in [-0.3, -0.25) is 0 Å². The Morgan fingerprint density at radius 3 is 2.80 bits per heavy atom. The second kappa shape index (κ2) is 3.82. The topological polar surface area (TPSA) is 61.0 Å². The second-order valence-corrected chi connectivity index (χ2v) is 3.56. The average molecular weight is 225 g/mol. The van der Waals surface area contributed by atoms with Crippen LogP contribution in [0.15, 0.2) is 18.2 Å². The van der Waals surface area contributed by atoms with Crippen LogP contribution in [0.1, 0.15) is 0 Å². The summed E-state index contributed by atoms with van der Waals surface area (Å²) in [6.45, 7) is 0. The van der Waals surface area contributed by atoms with E-state index in [2.05, 4.69) is 9.36 Å². The number of anilines is 1. The van der Waals surface area contributed by atoms with Crippen molar-refractivity contribution in [1.29, 1.82) is 0 Å². The molecular weight excluding hydrogens is 217 g/mol. The SMILES string of the molecule is COc1ccc(-c2nc(N)ns2)cc1F. The lowest BCUT2D eigenvalue weighted by Crippen LogP contribution is -1.89. The minimum Gasteiger partial charge on any atom is -0.494 e. The van der Waals surface area contributed by atoms with E-state index in [0.717, 1.165) is 11.5 Å². The van der Waals surface area contributed by atoms with E-state index in [-0.39, 0.29) is 11.7 Å². The number of hydrogen-bond donors (Lipinski definition) is 1. The highest BCUT2D eigenvalue weighted by Crippen LogP contribution is 2.26. The predicted molar refractivity (Wildman–Crippen MR) is 56.3 cm³/mol. The van der Waals surface area contributed by atoms with E-state index in [1.54, 1.807) is 12.1 Å². The maximum atomic E-state index is 13.3. The van der Waals surface area contributed by atoms with E-state index < -0.39 is 5.82 Å². The Labute approximate surface area is 89.7 Å². The Morgan fingerprint density at radius 2 is 2.27 bits per heavy atom. The zero-order chi connectivity index (χ0) is 10.8. The van der Waals surface area contributed by atoms with Crippen LogP contribution in [0.5, 0.6) is 5.75 Å². The third-order valence-electron chi connectivity index (χ3n) is 1.84. The number of halogens is 1. The Kier molecular flexibility index (Phi) is 2.51. The van der Waals surface area contributed by atoms with Crippen molar-refractivity contribution in [3.8, 4) is 16.3 Å². The number of methoxy groups -OCH3 is 1. The molecule has 6 heteroatoms. The van der Waals surface area contributed by atoms with Gasteiger partial charge in [-0.1, -0.05) is 0 Å². The van der Waals surface area contributed by atoms with Gasteiger partial charge in [0.25, 0.3) is 0 Å². The van der Waals surface area contributed by atoms with Gasteiger partial charge in [-0.15, -0.1) is 0 Å². The van der Waals surface area contributed by atoms with Crippen molar-refractivity contribution in [3.05, 3.63) is 24.0 Å². The molecule has 1 heterocycles. The minimum absolute atomic E-state index is 0.200. The van der Waals surface area contributed by atoms with Crippen LogP contribution in [-0.4, -0.2) is 16.5 Å². The fourth-order valence-corrected chi connectivity index (χ4v) is 1.74. The molecule has 0 atom stereocenters. The first-order valence-electron chi connectivity index (χ1n) is 4.14. The number of benzene rings is 1. The lowest BCUT2D eigenvalue weighted by atomic mass is 10.2. The molecule has 15 heavy (non-hydrogen) atoms. The number of nitrogens with zero attached hydrogens (tertiary/aromatic N) is 2. The number of ether oxygens (including phenoxy) is 1. The molecule has 0 amide bonds. The monoisotopic (exact) mass is 225 g/mol. The molecular formula is C9H8FN3OS. The number of nitrogens with two attached hydrogens (primary N) is 1. The standard InChI is InChI=1S/C9H8FN3OS/c1-14-7-3-2-5(4-6(7)10)8-12-9(11)13-15-8/h2-4H,1H3,(H2,11,13). The van der Waals surface area contributed by atoms with Gasteiger partial charge in [0.15, 0.2) is 11.6 Å². The fourth-order valence-electron chi connectivity index (χ4n) is 1.15.